The van der Waals surface area contributed by atoms with Gasteiger partial charge in [-0.1, -0.05) is 211 Å². The molecule has 0 saturated carbocycles. The van der Waals surface area contributed by atoms with Crippen molar-refractivity contribution in [3.05, 3.63) is 242 Å². The molecular formula is C73H56BN3. The fraction of sp³-hybridized carbons (Fsp3) is 0.110. The van der Waals surface area contributed by atoms with Gasteiger partial charge >= 0.3 is 0 Å². The lowest BCUT2D eigenvalue weighted by Crippen LogP contribution is -2.59. The molecule has 0 aliphatic carbocycles. The molecule has 0 amide bonds. The van der Waals surface area contributed by atoms with Gasteiger partial charge in [-0.15, -0.1) is 0 Å². The maximum absolute atomic E-state index is 5.47. The standard InChI is InChI=1S/C73H56BN3/c1-72(2,3)55-31-25-47(26-32-55)52-39-59-57-37-50(45-17-10-7-11-18-45)29-35-65(57)76-67-43-54(64-24-16-23-63(75-64)49-21-14-9-15-22-49)44-68-69(67)74(61(41-52)70(59)76)62-42-53(48-27-33-56(34-28-48)73(4,5)6)40-60-58-38-51(46-19-12-8-13-20-46)30-36-66(58)77(68)71(60)62/h7-44H,1-6H3. The number of nitrogens with zero attached hydrogens (tertiary/aromatic N) is 3. The van der Waals surface area contributed by atoms with Gasteiger partial charge in [0.2, 0.25) is 0 Å². The zero-order valence-electron chi connectivity index (χ0n) is 44.4. The Bertz CT molecular complexity index is 4280. The Kier molecular flexibility index (Phi) is 9.88. The first kappa shape index (κ1) is 45.4. The summed E-state index contributed by atoms with van der Waals surface area (Å²) in [6.07, 6.45) is 0. The van der Waals surface area contributed by atoms with E-state index in [0.717, 1.165) is 22.5 Å². The van der Waals surface area contributed by atoms with Crippen LogP contribution in [0.2, 0.25) is 0 Å². The normalized spacial score (nSPS) is 12.8. The number of aromatic nitrogens is 3. The quantitative estimate of drug-likeness (QED) is 0.152. The molecule has 5 heterocycles. The molecule has 3 nitrogen and oxygen atoms in total. The van der Waals surface area contributed by atoms with Gasteiger partial charge in [-0.05, 0) is 144 Å². The molecule has 2 aliphatic rings. The van der Waals surface area contributed by atoms with Crippen molar-refractivity contribution >= 4 is 66.7 Å². The minimum Gasteiger partial charge on any atom is -0.310 e. The summed E-state index contributed by atoms with van der Waals surface area (Å²) in [4.78, 5) is 5.47. The Labute approximate surface area is 450 Å². The molecule has 0 bridgehead atoms. The van der Waals surface area contributed by atoms with Gasteiger partial charge in [0.15, 0.2) is 0 Å². The smallest absolute Gasteiger partial charge is 0.252 e. The summed E-state index contributed by atoms with van der Waals surface area (Å²) in [5.41, 5.74) is 27.8. The van der Waals surface area contributed by atoms with E-state index in [1.807, 2.05) is 0 Å². The van der Waals surface area contributed by atoms with Gasteiger partial charge in [0, 0.05) is 55.1 Å². The van der Waals surface area contributed by atoms with Crippen LogP contribution in [-0.4, -0.2) is 20.8 Å². The van der Waals surface area contributed by atoms with Crippen LogP contribution in [0.4, 0.5) is 0 Å². The third-order valence-corrected chi connectivity index (χ3v) is 16.8. The van der Waals surface area contributed by atoms with Crippen molar-refractivity contribution in [2.45, 2.75) is 52.4 Å². The highest BCUT2D eigenvalue weighted by Gasteiger charge is 2.42. The summed E-state index contributed by atoms with van der Waals surface area (Å²) in [5, 5.41) is 5.01. The molecule has 366 valence electrons. The highest BCUT2D eigenvalue weighted by molar-refractivity contribution is 7.00. The van der Waals surface area contributed by atoms with Gasteiger partial charge in [-0.25, -0.2) is 4.98 Å². The molecular weight excluding hydrogens is 930 g/mol. The molecule has 0 unspecified atom stereocenters. The maximum Gasteiger partial charge on any atom is 0.252 e. The molecule has 0 fully saturated rings. The molecule has 3 aromatic heterocycles. The molecule has 0 atom stereocenters. The predicted molar refractivity (Wildman–Crippen MR) is 328 cm³/mol. The molecule has 0 radical (unpaired) electrons. The summed E-state index contributed by atoms with van der Waals surface area (Å²) < 4.78 is 5.22. The number of hydrogen-bond donors (Lipinski definition) is 0. The lowest BCUT2D eigenvalue weighted by molar-refractivity contribution is 0.590. The van der Waals surface area contributed by atoms with E-state index < -0.39 is 0 Å². The van der Waals surface area contributed by atoms with Crippen LogP contribution in [0.5, 0.6) is 0 Å². The van der Waals surface area contributed by atoms with Crippen molar-refractivity contribution in [3.8, 4) is 78.4 Å². The number of rotatable bonds is 6. The topological polar surface area (TPSA) is 22.8 Å². The van der Waals surface area contributed by atoms with E-state index in [9.17, 15) is 0 Å². The first-order chi connectivity index (χ1) is 37.4. The molecule has 2 aliphatic heterocycles. The number of benzene rings is 10. The lowest BCUT2D eigenvalue weighted by Gasteiger charge is -2.34. The molecule has 0 N–H and O–H groups in total. The van der Waals surface area contributed by atoms with E-state index in [0.29, 0.717) is 0 Å². The summed E-state index contributed by atoms with van der Waals surface area (Å²) in [7, 11) is 0. The third-order valence-electron chi connectivity index (χ3n) is 16.8. The fourth-order valence-corrected chi connectivity index (χ4v) is 12.9. The third kappa shape index (κ3) is 7.15. The molecule has 15 rings (SSSR count). The van der Waals surface area contributed by atoms with Crippen molar-refractivity contribution in [1.82, 2.24) is 14.1 Å². The number of hydrogen-bond acceptors (Lipinski definition) is 1. The first-order valence-corrected chi connectivity index (χ1v) is 27.2. The minimum atomic E-state index is -0.0962. The van der Waals surface area contributed by atoms with Crippen molar-refractivity contribution in [2.75, 3.05) is 0 Å². The zero-order chi connectivity index (χ0) is 51.9. The Morgan fingerprint density at radius 3 is 1.12 bits per heavy atom. The van der Waals surface area contributed by atoms with E-state index in [2.05, 4.69) is 281 Å². The summed E-state index contributed by atoms with van der Waals surface area (Å²) in [6.45, 7) is 13.7. The van der Waals surface area contributed by atoms with Crippen LogP contribution in [-0.2, 0) is 10.8 Å². The molecule has 0 spiro atoms. The summed E-state index contributed by atoms with van der Waals surface area (Å²) >= 11 is 0. The second-order valence-corrected chi connectivity index (χ2v) is 23.6. The summed E-state index contributed by atoms with van der Waals surface area (Å²) in [6, 6.07) is 86.6. The van der Waals surface area contributed by atoms with Gasteiger partial charge in [0.05, 0.1) is 22.4 Å². The number of pyridine rings is 1. The van der Waals surface area contributed by atoms with Crippen molar-refractivity contribution < 1.29 is 0 Å². The van der Waals surface area contributed by atoms with Crippen LogP contribution < -0.4 is 16.4 Å². The van der Waals surface area contributed by atoms with Crippen LogP contribution in [0.3, 0.4) is 0 Å². The Hall–Kier alpha value is -8.99. The Morgan fingerprint density at radius 2 is 0.688 bits per heavy atom. The van der Waals surface area contributed by atoms with Crippen LogP contribution in [0.1, 0.15) is 52.7 Å². The van der Waals surface area contributed by atoms with Gasteiger partial charge < -0.3 is 9.13 Å². The van der Waals surface area contributed by atoms with Gasteiger partial charge in [-0.3, -0.25) is 0 Å². The second-order valence-electron chi connectivity index (χ2n) is 23.6. The molecule has 13 aromatic rings. The lowest BCUT2D eigenvalue weighted by atomic mass is 9.34. The molecule has 10 aromatic carbocycles. The first-order valence-electron chi connectivity index (χ1n) is 27.2. The summed E-state index contributed by atoms with van der Waals surface area (Å²) in [5.74, 6) is 0. The second kappa shape index (κ2) is 16.8. The van der Waals surface area contributed by atoms with Crippen molar-refractivity contribution in [3.63, 3.8) is 0 Å². The van der Waals surface area contributed by atoms with Crippen LogP contribution in [0, 0.1) is 0 Å². The van der Waals surface area contributed by atoms with Crippen LogP contribution >= 0.6 is 0 Å². The minimum absolute atomic E-state index is 0.0406. The fourth-order valence-electron chi connectivity index (χ4n) is 12.9. The van der Waals surface area contributed by atoms with Gasteiger partial charge in [0.25, 0.3) is 6.71 Å². The monoisotopic (exact) mass is 985 g/mol. The van der Waals surface area contributed by atoms with Crippen molar-refractivity contribution in [1.29, 1.82) is 0 Å². The zero-order valence-corrected chi connectivity index (χ0v) is 44.4. The largest absolute Gasteiger partial charge is 0.310 e. The maximum atomic E-state index is 5.47. The highest BCUT2D eigenvalue weighted by atomic mass is 15.0. The van der Waals surface area contributed by atoms with E-state index in [1.165, 1.54) is 127 Å². The molecule has 4 heteroatoms. The van der Waals surface area contributed by atoms with E-state index in [1.54, 1.807) is 0 Å². The Morgan fingerprint density at radius 1 is 0.312 bits per heavy atom. The molecule has 77 heavy (non-hydrogen) atoms. The van der Waals surface area contributed by atoms with Crippen LogP contribution in [0.25, 0.3) is 122 Å². The average Bonchev–Trinajstić information content (AvgIpc) is 3.69. The average molecular weight is 986 g/mol. The number of fused-ring (bicyclic) bond motifs is 10. The van der Waals surface area contributed by atoms with E-state index >= 15 is 0 Å². The Balaban J connectivity index is 1.09. The van der Waals surface area contributed by atoms with Crippen LogP contribution in [0.15, 0.2) is 231 Å². The van der Waals surface area contributed by atoms with Crippen molar-refractivity contribution in [2.24, 2.45) is 0 Å². The molecule has 0 saturated heterocycles. The van der Waals surface area contributed by atoms with E-state index in [4.69, 9.17) is 4.98 Å². The van der Waals surface area contributed by atoms with Gasteiger partial charge in [-0.2, -0.15) is 0 Å². The SMILES string of the molecule is CC(C)(C)c1ccc(-c2cc3c4c(c2)c2cc(-c5ccccc5)ccc2n4-c2cc(-c4cccc(-c5ccccc5)n4)cc4c2B3c2cc(-c3ccc(C(C)(C)C)cc3)cc3c5cc(-c6ccccc6)ccc5n-4c23)cc1. The van der Waals surface area contributed by atoms with Gasteiger partial charge in [0.1, 0.15) is 0 Å². The predicted octanol–water partition coefficient (Wildman–Crippen LogP) is 17.0. The highest BCUT2D eigenvalue weighted by Crippen LogP contribution is 2.45. The van der Waals surface area contributed by atoms with E-state index in [-0.39, 0.29) is 17.5 Å².